The van der Waals surface area contributed by atoms with Gasteiger partial charge in [0, 0.05) is 19.0 Å². The summed E-state index contributed by atoms with van der Waals surface area (Å²) in [6.07, 6.45) is 3.67. The highest BCUT2D eigenvalue weighted by Crippen LogP contribution is 2.19. The first kappa shape index (κ1) is 15.3. The molecule has 0 saturated heterocycles. The zero-order chi connectivity index (χ0) is 17.1. The van der Waals surface area contributed by atoms with Gasteiger partial charge < -0.3 is 9.55 Å². The van der Waals surface area contributed by atoms with Crippen molar-refractivity contribution in [2.75, 3.05) is 0 Å². The van der Waals surface area contributed by atoms with E-state index in [4.69, 9.17) is 4.98 Å². The number of halogens is 1. The van der Waals surface area contributed by atoms with Gasteiger partial charge in [0.25, 0.3) is 0 Å². The molecule has 2 aromatic carbocycles. The Morgan fingerprint density at radius 1 is 1.04 bits per heavy atom. The lowest BCUT2D eigenvalue weighted by atomic mass is 10.2. The molecule has 4 rings (SSSR count). The Morgan fingerprint density at radius 3 is 2.68 bits per heavy atom. The Kier molecular flexibility index (Phi) is 4.12. The molecular weight excluding hydrogens is 315 g/mol. The van der Waals surface area contributed by atoms with Crippen LogP contribution in [0.5, 0.6) is 0 Å². The van der Waals surface area contributed by atoms with Crippen LogP contribution < -0.4 is 0 Å². The number of nitrogens with zero attached hydrogens (tertiary/aromatic N) is 3. The number of aliphatic imine (C=N–C) groups is 1. The SMILES string of the molecule is Fc1ccc(Cn2c(CN=Cc3ccc[nH]3)nc3ccccc32)cc1. The summed E-state index contributed by atoms with van der Waals surface area (Å²) >= 11 is 0. The van der Waals surface area contributed by atoms with Crippen LogP contribution in [-0.4, -0.2) is 20.7 Å². The summed E-state index contributed by atoms with van der Waals surface area (Å²) in [5.41, 5.74) is 3.98. The number of fused-ring (bicyclic) bond motifs is 1. The molecule has 25 heavy (non-hydrogen) atoms. The van der Waals surface area contributed by atoms with Crippen molar-refractivity contribution in [3.8, 4) is 0 Å². The number of rotatable bonds is 5. The molecule has 0 bridgehead atoms. The number of hydrogen-bond donors (Lipinski definition) is 1. The van der Waals surface area contributed by atoms with Gasteiger partial charge in [0.1, 0.15) is 11.6 Å². The van der Waals surface area contributed by atoms with E-state index in [0.717, 1.165) is 28.1 Å². The topological polar surface area (TPSA) is 46.0 Å². The molecule has 0 fully saturated rings. The average Bonchev–Trinajstić information content (AvgIpc) is 3.26. The number of hydrogen-bond acceptors (Lipinski definition) is 2. The lowest BCUT2D eigenvalue weighted by Crippen LogP contribution is -2.05. The average molecular weight is 332 g/mol. The van der Waals surface area contributed by atoms with E-state index in [0.29, 0.717) is 13.1 Å². The van der Waals surface area contributed by atoms with E-state index in [1.165, 1.54) is 12.1 Å². The Morgan fingerprint density at radius 2 is 1.88 bits per heavy atom. The van der Waals surface area contributed by atoms with Gasteiger partial charge in [-0.2, -0.15) is 0 Å². The first-order valence-corrected chi connectivity index (χ1v) is 8.11. The summed E-state index contributed by atoms with van der Waals surface area (Å²) in [4.78, 5) is 12.3. The fourth-order valence-electron chi connectivity index (χ4n) is 2.85. The summed E-state index contributed by atoms with van der Waals surface area (Å²) in [5.74, 6) is 0.656. The molecule has 0 aliphatic heterocycles. The van der Waals surface area contributed by atoms with Gasteiger partial charge in [-0.15, -0.1) is 0 Å². The summed E-state index contributed by atoms with van der Waals surface area (Å²) in [7, 11) is 0. The molecule has 0 spiro atoms. The van der Waals surface area contributed by atoms with Crippen molar-refractivity contribution < 1.29 is 4.39 Å². The molecule has 4 aromatic rings. The monoisotopic (exact) mass is 332 g/mol. The lowest BCUT2D eigenvalue weighted by Gasteiger charge is -2.08. The molecule has 2 aromatic heterocycles. The smallest absolute Gasteiger partial charge is 0.131 e. The molecule has 0 atom stereocenters. The standard InChI is InChI=1S/C20H17FN4/c21-16-9-7-15(8-10-16)14-25-19-6-2-1-5-18(19)24-20(25)13-22-12-17-4-3-11-23-17/h1-12,23H,13-14H2. The van der Waals surface area contributed by atoms with E-state index in [-0.39, 0.29) is 5.82 Å². The number of aromatic nitrogens is 3. The Hall–Kier alpha value is -3.21. The number of imidazole rings is 1. The van der Waals surface area contributed by atoms with Crippen molar-refractivity contribution in [1.82, 2.24) is 14.5 Å². The highest BCUT2D eigenvalue weighted by molar-refractivity contribution is 5.77. The van der Waals surface area contributed by atoms with Crippen molar-refractivity contribution in [3.63, 3.8) is 0 Å². The number of benzene rings is 2. The molecule has 2 heterocycles. The van der Waals surface area contributed by atoms with Crippen LogP contribution in [0.25, 0.3) is 11.0 Å². The molecule has 0 aliphatic carbocycles. The molecule has 5 heteroatoms. The number of para-hydroxylation sites is 2. The van der Waals surface area contributed by atoms with Gasteiger partial charge in [0.15, 0.2) is 0 Å². The number of aromatic amines is 1. The van der Waals surface area contributed by atoms with Crippen molar-refractivity contribution in [2.24, 2.45) is 4.99 Å². The van der Waals surface area contributed by atoms with E-state index in [2.05, 4.69) is 14.5 Å². The van der Waals surface area contributed by atoms with E-state index in [1.54, 1.807) is 12.1 Å². The van der Waals surface area contributed by atoms with Crippen LogP contribution in [-0.2, 0) is 13.1 Å². The van der Waals surface area contributed by atoms with E-state index < -0.39 is 0 Å². The second-order valence-corrected chi connectivity index (χ2v) is 5.82. The molecule has 1 N–H and O–H groups in total. The van der Waals surface area contributed by atoms with Crippen molar-refractivity contribution in [1.29, 1.82) is 0 Å². The summed E-state index contributed by atoms with van der Waals surface area (Å²) in [5, 5.41) is 0. The third-order valence-electron chi connectivity index (χ3n) is 4.07. The Labute approximate surface area is 144 Å². The van der Waals surface area contributed by atoms with E-state index in [9.17, 15) is 4.39 Å². The largest absolute Gasteiger partial charge is 0.360 e. The fourth-order valence-corrected chi connectivity index (χ4v) is 2.85. The first-order chi connectivity index (χ1) is 12.3. The van der Waals surface area contributed by atoms with Gasteiger partial charge in [-0.3, -0.25) is 4.99 Å². The normalized spacial score (nSPS) is 11.6. The van der Waals surface area contributed by atoms with Gasteiger partial charge in [0.05, 0.1) is 23.3 Å². The quantitative estimate of drug-likeness (QED) is 0.548. The number of H-pyrrole nitrogens is 1. The lowest BCUT2D eigenvalue weighted by molar-refractivity contribution is 0.626. The van der Waals surface area contributed by atoms with Crippen LogP contribution in [0.15, 0.2) is 71.9 Å². The van der Waals surface area contributed by atoms with Gasteiger partial charge in [0.2, 0.25) is 0 Å². The van der Waals surface area contributed by atoms with Crippen molar-refractivity contribution in [2.45, 2.75) is 13.1 Å². The zero-order valence-corrected chi connectivity index (χ0v) is 13.6. The van der Waals surface area contributed by atoms with Crippen LogP contribution in [0.4, 0.5) is 4.39 Å². The molecule has 0 unspecified atom stereocenters. The maximum atomic E-state index is 13.2. The van der Waals surface area contributed by atoms with Crippen molar-refractivity contribution >= 4 is 17.2 Å². The Bertz CT molecular complexity index is 998. The zero-order valence-electron chi connectivity index (χ0n) is 13.6. The second kappa shape index (κ2) is 6.73. The van der Waals surface area contributed by atoms with Gasteiger partial charge in [-0.05, 0) is 42.0 Å². The highest BCUT2D eigenvalue weighted by atomic mass is 19.1. The van der Waals surface area contributed by atoms with Crippen LogP contribution in [0.3, 0.4) is 0 Å². The molecule has 0 saturated carbocycles. The van der Waals surface area contributed by atoms with E-state index >= 15 is 0 Å². The minimum absolute atomic E-state index is 0.227. The predicted molar refractivity (Wildman–Crippen MR) is 97.3 cm³/mol. The van der Waals surface area contributed by atoms with Gasteiger partial charge in [-0.25, -0.2) is 9.37 Å². The predicted octanol–water partition coefficient (Wildman–Crippen LogP) is 4.17. The number of nitrogens with one attached hydrogen (secondary N) is 1. The van der Waals surface area contributed by atoms with Crippen molar-refractivity contribution in [3.05, 3.63) is 89.8 Å². The molecule has 0 amide bonds. The molecular formula is C20H17FN4. The maximum Gasteiger partial charge on any atom is 0.131 e. The van der Waals surface area contributed by atoms with Crippen LogP contribution >= 0.6 is 0 Å². The summed E-state index contributed by atoms with van der Waals surface area (Å²) in [6, 6.07) is 18.5. The molecule has 4 nitrogen and oxygen atoms in total. The third-order valence-corrected chi connectivity index (χ3v) is 4.07. The van der Waals surface area contributed by atoms with Crippen LogP contribution in [0.1, 0.15) is 17.1 Å². The first-order valence-electron chi connectivity index (χ1n) is 8.11. The second-order valence-electron chi connectivity index (χ2n) is 5.82. The van der Waals surface area contributed by atoms with Crippen LogP contribution in [0.2, 0.25) is 0 Å². The third kappa shape index (κ3) is 3.35. The minimum atomic E-state index is -0.227. The highest BCUT2D eigenvalue weighted by Gasteiger charge is 2.10. The van der Waals surface area contributed by atoms with Gasteiger partial charge in [-0.1, -0.05) is 24.3 Å². The maximum absolute atomic E-state index is 13.2. The van der Waals surface area contributed by atoms with Gasteiger partial charge >= 0.3 is 0 Å². The van der Waals surface area contributed by atoms with Crippen LogP contribution in [0, 0.1) is 5.82 Å². The molecule has 0 aliphatic rings. The summed E-state index contributed by atoms with van der Waals surface area (Å²) in [6.45, 7) is 1.11. The summed E-state index contributed by atoms with van der Waals surface area (Å²) < 4.78 is 15.3. The molecule has 124 valence electrons. The molecule has 0 radical (unpaired) electrons. The fraction of sp³-hybridized carbons (Fsp3) is 0.100. The Balaban J connectivity index is 1.66. The van der Waals surface area contributed by atoms with E-state index in [1.807, 2.05) is 48.8 Å². The minimum Gasteiger partial charge on any atom is -0.360 e.